The summed E-state index contributed by atoms with van der Waals surface area (Å²) in [5.41, 5.74) is 6.76. The van der Waals surface area contributed by atoms with Gasteiger partial charge >= 0.3 is 0 Å². The number of nitrogens with zero attached hydrogens (tertiary/aromatic N) is 4. The molecule has 0 saturated carbocycles. The summed E-state index contributed by atoms with van der Waals surface area (Å²) < 4.78 is 13.9. The maximum Gasteiger partial charge on any atom is 0.274 e. The van der Waals surface area contributed by atoms with Crippen molar-refractivity contribution >= 4 is 50.8 Å². The molecule has 3 aromatic heterocycles. The third kappa shape index (κ3) is 4.16. The van der Waals surface area contributed by atoms with Gasteiger partial charge in [-0.15, -0.1) is 11.3 Å². The van der Waals surface area contributed by atoms with E-state index in [0.29, 0.717) is 12.2 Å². The molecule has 0 saturated heterocycles. The van der Waals surface area contributed by atoms with Crippen molar-refractivity contribution < 1.29 is 14.0 Å². The molecule has 186 valence electrons. The summed E-state index contributed by atoms with van der Waals surface area (Å²) in [6.45, 7) is 0.573. The summed E-state index contributed by atoms with van der Waals surface area (Å²) in [6, 6.07) is 9.48. The van der Waals surface area contributed by atoms with E-state index in [0.717, 1.165) is 43.8 Å². The number of likely N-dealkylation sites (N-methyl/N-ethyl adjacent to an activating group) is 1. The third-order valence-electron chi connectivity index (χ3n) is 6.63. The molecule has 4 heterocycles. The Labute approximate surface area is 214 Å². The van der Waals surface area contributed by atoms with Gasteiger partial charge in [0.15, 0.2) is 0 Å². The van der Waals surface area contributed by atoms with Crippen LogP contribution in [-0.4, -0.2) is 49.7 Å². The van der Waals surface area contributed by atoms with Crippen molar-refractivity contribution in [2.75, 3.05) is 12.4 Å². The van der Waals surface area contributed by atoms with E-state index in [4.69, 9.17) is 0 Å². The van der Waals surface area contributed by atoms with E-state index in [2.05, 4.69) is 30.6 Å². The fourth-order valence-corrected chi connectivity index (χ4v) is 5.50. The summed E-state index contributed by atoms with van der Waals surface area (Å²) in [5, 5.41) is 6.73. The van der Waals surface area contributed by atoms with Crippen LogP contribution in [0.2, 0.25) is 0 Å². The topological polar surface area (TPSA) is 116 Å². The van der Waals surface area contributed by atoms with Gasteiger partial charge in [0, 0.05) is 48.1 Å². The maximum atomic E-state index is 13.9. The predicted molar refractivity (Wildman–Crippen MR) is 139 cm³/mol. The molecule has 0 aliphatic carbocycles. The van der Waals surface area contributed by atoms with E-state index in [1.807, 2.05) is 18.2 Å². The largest absolute Gasteiger partial charge is 0.380 e. The zero-order valence-electron chi connectivity index (χ0n) is 19.8. The van der Waals surface area contributed by atoms with Crippen LogP contribution in [0.15, 0.2) is 54.3 Å². The predicted octanol–water partition coefficient (Wildman–Crippen LogP) is 3.63. The summed E-state index contributed by atoms with van der Waals surface area (Å²) in [6.07, 6.45) is 3.57. The van der Waals surface area contributed by atoms with Gasteiger partial charge in [-0.3, -0.25) is 19.6 Å². The molecule has 1 aliphatic rings. The average molecular weight is 516 g/mol. The highest BCUT2D eigenvalue weighted by molar-refractivity contribution is 7.10. The normalized spacial score (nSPS) is 15.1. The molecule has 3 N–H and O–H groups in total. The number of thiazole rings is 1. The number of nitrogens with one attached hydrogen (secondary N) is 3. The highest BCUT2D eigenvalue weighted by atomic mass is 32.1. The van der Waals surface area contributed by atoms with Crippen LogP contribution >= 0.6 is 11.3 Å². The molecule has 9 nitrogen and oxygen atoms in total. The van der Waals surface area contributed by atoms with Gasteiger partial charge in [0.05, 0.1) is 34.5 Å². The molecule has 0 unspecified atom stereocenters. The van der Waals surface area contributed by atoms with Crippen molar-refractivity contribution in [2.45, 2.75) is 25.6 Å². The second kappa shape index (κ2) is 9.25. The Morgan fingerprint density at radius 3 is 2.81 bits per heavy atom. The first kappa shape index (κ1) is 23.0. The lowest BCUT2D eigenvalue weighted by Gasteiger charge is -2.34. The zero-order chi connectivity index (χ0) is 25.5. The lowest BCUT2D eigenvalue weighted by Crippen LogP contribution is -2.52. The number of hydrogen-bond acceptors (Lipinski definition) is 7. The molecule has 6 rings (SSSR count). The Balaban J connectivity index is 1.27. The van der Waals surface area contributed by atoms with E-state index in [9.17, 15) is 14.0 Å². The first-order valence-electron chi connectivity index (χ1n) is 11.7. The number of fused-ring (bicyclic) bond motifs is 4. The van der Waals surface area contributed by atoms with Gasteiger partial charge in [0.25, 0.3) is 5.91 Å². The molecule has 2 amide bonds. The number of carbonyl (C=O) groups is 2. The Hall–Kier alpha value is -4.38. The van der Waals surface area contributed by atoms with Crippen LogP contribution in [0.3, 0.4) is 0 Å². The molecule has 0 radical (unpaired) electrons. The number of rotatable bonds is 5. The fraction of sp³-hybridized carbons (Fsp3) is 0.192. The lowest BCUT2D eigenvalue weighted by atomic mass is 9.95. The summed E-state index contributed by atoms with van der Waals surface area (Å²) in [4.78, 5) is 45.2. The van der Waals surface area contributed by atoms with Crippen LogP contribution in [0.5, 0.6) is 0 Å². The van der Waals surface area contributed by atoms with E-state index in [-0.39, 0.29) is 30.6 Å². The van der Waals surface area contributed by atoms with Crippen LogP contribution in [0.4, 0.5) is 10.1 Å². The molecule has 0 spiro atoms. The Bertz CT molecular complexity index is 1660. The third-order valence-corrected chi connectivity index (χ3v) is 7.47. The van der Waals surface area contributed by atoms with Gasteiger partial charge in [-0.1, -0.05) is 0 Å². The van der Waals surface area contributed by atoms with Crippen molar-refractivity contribution in [2.24, 2.45) is 0 Å². The van der Waals surface area contributed by atoms with Crippen LogP contribution < -0.4 is 10.6 Å². The first-order chi connectivity index (χ1) is 18.0. The van der Waals surface area contributed by atoms with E-state index in [1.54, 1.807) is 31.0 Å². The molecule has 1 atom stereocenters. The first-order valence-corrected chi connectivity index (χ1v) is 12.6. The number of benzene rings is 2. The fourth-order valence-electron chi connectivity index (χ4n) is 4.80. The Kier molecular flexibility index (Phi) is 5.76. The molecule has 11 heteroatoms. The number of halogens is 1. The highest BCUT2D eigenvalue weighted by Gasteiger charge is 2.37. The number of carbonyl (C=O) groups excluding carboxylic acids is 2. The van der Waals surface area contributed by atoms with Gasteiger partial charge < -0.3 is 20.5 Å². The number of anilines is 1. The van der Waals surface area contributed by atoms with Crippen LogP contribution in [0.25, 0.3) is 21.9 Å². The minimum absolute atomic E-state index is 0.191. The summed E-state index contributed by atoms with van der Waals surface area (Å²) in [5.74, 6) is -0.953. The van der Waals surface area contributed by atoms with E-state index < -0.39 is 6.04 Å². The van der Waals surface area contributed by atoms with Crippen molar-refractivity contribution in [3.05, 3.63) is 81.9 Å². The van der Waals surface area contributed by atoms with Crippen LogP contribution in [-0.2, 0) is 24.3 Å². The molecule has 0 bridgehead atoms. The van der Waals surface area contributed by atoms with Crippen LogP contribution in [0, 0.1) is 5.82 Å². The van der Waals surface area contributed by atoms with Crippen molar-refractivity contribution in [3.63, 3.8) is 0 Å². The average Bonchev–Trinajstić information content (AvgIpc) is 3.54. The quantitative estimate of drug-likeness (QED) is 0.329. The SMILES string of the molecule is CNC(=O)[C@H]1Cc2c([nH]c3ccc(F)cc23)CN1C(=O)c1ncsc1CNc1ccc2nccnc2c1. The molecule has 0 fully saturated rings. The molecule has 5 aromatic rings. The monoisotopic (exact) mass is 515 g/mol. The van der Waals surface area contributed by atoms with Crippen LogP contribution in [0.1, 0.15) is 26.6 Å². The summed E-state index contributed by atoms with van der Waals surface area (Å²) >= 11 is 1.37. The number of hydrogen-bond donors (Lipinski definition) is 3. The number of H-pyrrole nitrogens is 1. The van der Waals surface area contributed by atoms with Gasteiger partial charge in [-0.2, -0.15) is 0 Å². The Morgan fingerprint density at radius 1 is 1.14 bits per heavy atom. The number of aromatic amines is 1. The molecule has 37 heavy (non-hydrogen) atoms. The van der Waals surface area contributed by atoms with Crippen molar-refractivity contribution in [3.8, 4) is 0 Å². The lowest BCUT2D eigenvalue weighted by molar-refractivity contribution is -0.125. The van der Waals surface area contributed by atoms with Gasteiger partial charge in [-0.05, 0) is 42.0 Å². The van der Waals surface area contributed by atoms with Gasteiger partial charge in [0.2, 0.25) is 5.91 Å². The summed E-state index contributed by atoms with van der Waals surface area (Å²) in [7, 11) is 1.54. The minimum atomic E-state index is -0.742. The van der Waals surface area contributed by atoms with Gasteiger partial charge in [-0.25, -0.2) is 9.37 Å². The van der Waals surface area contributed by atoms with Crippen molar-refractivity contribution in [1.29, 1.82) is 0 Å². The zero-order valence-corrected chi connectivity index (χ0v) is 20.6. The number of amides is 2. The highest BCUT2D eigenvalue weighted by Crippen LogP contribution is 2.32. The second-order valence-corrected chi connectivity index (χ2v) is 9.72. The van der Waals surface area contributed by atoms with E-state index in [1.165, 1.54) is 28.4 Å². The standard InChI is InChI=1S/C26H22FN7O2S/c1-28-25(35)22-10-17-16-8-14(27)2-4-18(16)33-21(17)12-34(22)26(36)24-23(37-13-32-24)11-31-15-3-5-19-20(9-15)30-7-6-29-19/h2-9,13,22,31,33H,10-12H2,1H3,(H,28,35)/t22-/m1/s1. The molecule has 2 aromatic carbocycles. The number of aromatic nitrogens is 4. The van der Waals surface area contributed by atoms with E-state index >= 15 is 0 Å². The molecular formula is C26H22FN7O2S. The van der Waals surface area contributed by atoms with Gasteiger partial charge in [0.1, 0.15) is 17.6 Å². The maximum absolute atomic E-state index is 13.9. The molecular weight excluding hydrogens is 493 g/mol. The second-order valence-electron chi connectivity index (χ2n) is 8.78. The smallest absolute Gasteiger partial charge is 0.274 e. The van der Waals surface area contributed by atoms with Crippen molar-refractivity contribution in [1.82, 2.24) is 30.2 Å². The minimum Gasteiger partial charge on any atom is -0.380 e. The molecule has 1 aliphatic heterocycles. The Morgan fingerprint density at radius 2 is 1.97 bits per heavy atom.